The first-order chi connectivity index (χ1) is 14.0. The van der Waals surface area contributed by atoms with Crippen LogP contribution in [0.4, 0.5) is 14.5 Å². The Morgan fingerprint density at radius 1 is 0.862 bits per heavy atom. The van der Waals surface area contributed by atoms with Crippen LogP contribution in [-0.2, 0) is 11.3 Å². The first kappa shape index (κ1) is 20.0. The second kappa shape index (κ2) is 9.45. The van der Waals surface area contributed by atoms with E-state index in [4.69, 9.17) is 4.74 Å². The van der Waals surface area contributed by atoms with Crippen LogP contribution in [0.15, 0.2) is 72.8 Å². The van der Waals surface area contributed by atoms with Crippen molar-refractivity contribution >= 4 is 17.5 Å². The molecular formula is C22H18F2N2O3. The monoisotopic (exact) mass is 396 g/mol. The number of nitrogens with one attached hydrogen (secondary N) is 2. The van der Waals surface area contributed by atoms with Gasteiger partial charge in [0.2, 0.25) is 0 Å². The van der Waals surface area contributed by atoms with Crippen molar-refractivity contribution in [1.29, 1.82) is 0 Å². The fourth-order valence-corrected chi connectivity index (χ4v) is 2.53. The number of rotatable bonds is 7. The molecule has 0 saturated heterocycles. The molecule has 0 spiro atoms. The third-order valence-electron chi connectivity index (χ3n) is 3.97. The Morgan fingerprint density at radius 3 is 2.41 bits per heavy atom. The first-order valence-electron chi connectivity index (χ1n) is 8.81. The Kier molecular flexibility index (Phi) is 6.52. The number of hydrogen-bond acceptors (Lipinski definition) is 3. The van der Waals surface area contributed by atoms with Gasteiger partial charge >= 0.3 is 0 Å². The molecule has 2 amide bonds. The molecule has 0 bridgehead atoms. The number of anilines is 1. The fourth-order valence-electron chi connectivity index (χ4n) is 2.53. The third-order valence-corrected chi connectivity index (χ3v) is 3.97. The molecule has 3 aromatic rings. The first-order valence-corrected chi connectivity index (χ1v) is 8.81. The van der Waals surface area contributed by atoms with Crippen LogP contribution in [0.1, 0.15) is 15.9 Å². The fraction of sp³-hybridized carbons (Fsp3) is 0.0909. The number of carbonyl (C=O) groups excluding carboxylic acids is 2. The van der Waals surface area contributed by atoms with Crippen molar-refractivity contribution in [2.75, 3.05) is 11.9 Å². The Balaban J connectivity index is 1.53. The van der Waals surface area contributed by atoms with Gasteiger partial charge in [0.1, 0.15) is 5.75 Å². The third kappa shape index (κ3) is 5.87. The van der Waals surface area contributed by atoms with E-state index in [1.165, 1.54) is 12.1 Å². The molecule has 0 heterocycles. The van der Waals surface area contributed by atoms with Gasteiger partial charge in [0.25, 0.3) is 11.8 Å². The molecule has 0 fully saturated rings. The van der Waals surface area contributed by atoms with Crippen LogP contribution < -0.4 is 15.4 Å². The molecule has 0 unspecified atom stereocenters. The van der Waals surface area contributed by atoms with E-state index in [1.54, 1.807) is 18.2 Å². The van der Waals surface area contributed by atoms with Crippen molar-refractivity contribution in [1.82, 2.24) is 5.32 Å². The lowest BCUT2D eigenvalue weighted by molar-refractivity contribution is -0.118. The Bertz CT molecular complexity index is 1010. The normalized spacial score (nSPS) is 10.3. The number of amides is 2. The summed E-state index contributed by atoms with van der Waals surface area (Å²) in [6.07, 6.45) is 0. The van der Waals surface area contributed by atoms with Crippen molar-refractivity contribution in [2.24, 2.45) is 0 Å². The molecule has 0 atom stereocenters. The van der Waals surface area contributed by atoms with Gasteiger partial charge < -0.3 is 15.4 Å². The Morgan fingerprint density at radius 2 is 1.66 bits per heavy atom. The largest absolute Gasteiger partial charge is 0.484 e. The van der Waals surface area contributed by atoms with Crippen LogP contribution >= 0.6 is 0 Å². The molecule has 0 saturated carbocycles. The van der Waals surface area contributed by atoms with Crippen molar-refractivity contribution in [2.45, 2.75) is 6.54 Å². The van der Waals surface area contributed by atoms with Gasteiger partial charge in [0.05, 0.1) is 0 Å². The highest BCUT2D eigenvalue weighted by Crippen LogP contribution is 2.15. The van der Waals surface area contributed by atoms with E-state index in [-0.39, 0.29) is 18.2 Å². The quantitative estimate of drug-likeness (QED) is 0.636. The number of ether oxygens (including phenoxy) is 1. The van der Waals surface area contributed by atoms with Gasteiger partial charge in [0.15, 0.2) is 18.2 Å². The number of hydrogen-bond donors (Lipinski definition) is 2. The van der Waals surface area contributed by atoms with Gasteiger partial charge in [-0.05, 0) is 35.9 Å². The molecule has 0 aliphatic carbocycles. The number of benzene rings is 3. The molecule has 5 nitrogen and oxygen atoms in total. The molecule has 2 N–H and O–H groups in total. The number of carbonyl (C=O) groups is 2. The summed E-state index contributed by atoms with van der Waals surface area (Å²) in [5.74, 6) is -2.54. The molecule has 0 aromatic heterocycles. The average Bonchev–Trinajstić information content (AvgIpc) is 2.74. The zero-order valence-corrected chi connectivity index (χ0v) is 15.3. The summed E-state index contributed by atoms with van der Waals surface area (Å²) in [7, 11) is 0. The minimum absolute atomic E-state index is 0.117. The maximum absolute atomic E-state index is 13.2. The van der Waals surface area contributed by atoms with Crippen molar-refractivity contribution in [3.8, 4) is 5.75 Å². The average molecular weight is 396 g/mol. The van der Waals surface area contributed by atoms with Gasteiger partial charge in [-0.1, -0.05) is 36.4 Å². The maximum atomic E-state index is 13.2. The summed E-state index contributed by atoms with van der Waals surface area (Å²) in [5.41, 5.74) is 1.48. The van der Waals surface area contributed by atoms with Crippen LogP contribution in [0.5, 0.6) is 5.75 Å². The molecule has 0 aliphatic rings. The second-order valence-electron chi connectivity index (χ2n) is 6.16. The summed E-state index contributed by atoms with van der Waals surface area (Å²) < 4.78 is 31.5. The summed E-state index contributed by atoms with van der Waals surface area (Å²) in [4.78, 5) is 24.2. The lowest BCUT2D eigenvalue weighted by Crippen LogP contribution is -2.23. The van der Waals surface area contributed by atoms with E-state index in [0.29, 0.717) is 17.9 Å². The summed E-state index contributed by atoms with van der Waals surface area (Å²) in [6, 6.07) is 18.9. The van der Waals surface area contributed by atoms with Crippen LogP contribution in [0.3, 0.4) is 0 Å². The zero-order valence-electron chi connectivity index (χ0n) is 15.3. The van der Waals surface area contributed by atoms with Crippen LogP contribution in [0, 0.1) is 11.6 Å². The SMILES string of the molecule is O=C(COc1cccc(C(=O)NCc2ccccc2)c1)Nc1ccc(F)c(F)c1. The summed E-state index contributed by atoms with van der Waals surface area (Å²) >= 11 is 0. The van der Waals surface area contributed by atoms with Crippen LogP contribution in [0.2, 0.25) is 0 Å². The standard InChI is InChI=1S/C22H18F2N2O3/c23-19-10-9-17(12-20(19)24)26-21(27)14-29-18-8-4-7-16(11-18)22(28)25-13-15-5-2-1-3-6-15/h1-12H,13-14H2,(H,25,28)(H,26,27). The highest BCUT2D eigenvalue weighted by Gasteiger charge is 2.09. The summed E-state index contributed by atoms with van der Waals surface area (Å²) in [6.45, 7) is 0.0372. The van der Waals surface area contributed by atoms with E-state index in [9.17, 15) is 18.4 Å². The molecule has 0 radical (unpaired) electrons. The van der Waals surface area contributed by atoms with Gasteiger partial charge in [0, 0.05) is 23.9 Å². The van der Waals surface area contributed by atoms with Gasteiger partial charge in [-0.2, -0.15) is 0 Å². The minimum atomic E-state index is -1.06. The van der Waals surface area contributed by atoms with Crippen LogP contribution in [0.25, 0.3) is 0 Å². The van der Waals surface area contributed by atoms with E-state index in [0.717, 1.165) is 17.7 Å². The predicted molar refractivity (Wildman–Crippen MR) is 105 cm³/mol. The van der Waals surface area contributed by atoms with E-state index in [1.807, 2.05) is 30.3 Å². The lowest BCUT2D eigenvalue weighted by atomic mass is 10.2. The highest BCUT2D eigenvalue weighted by molar-refractivity contribution is 5.94. The Labute approximate surface area is 166 Å². The van der Waals surface area contributed by atoms with E-state index >= 15 is 0 Å². The maximum Gasteiger partial charge on any atom is 0.262 e. The predicted octanol–water partition coefficient (Wildman–Crippen LogP) is 3.91. The van der Waals surface area contributed by atoms with Crippen molar-refractivity contribution < 1.29 is 23.1 Å². The molecular weight excluding hydrogens is 378 g/mol. The second-order valence-corrected chi connectivity index (χ2v) is 6.16. The lowest BCUT2D eigenvalue weighted by Gasteiger charge is -2.10. The molecule has 3 aromatic carbocycles. The topological polar surface area (TPSA) is 67.4 Å². The molecule has 148 valence electrons. The molecule has 3 rings (SSSR count). The van der Waals surface area contributed by atoms with Gasteiger partial charge in [-0.25, -0.2) is 8.78 Å². The van der Waals surface area contributed by atoms with Crippen molar-refractivity contribution in [3.05, 3.63) is 95.6 Å². The minimum Gasteiger partial charge on any atom is -0.484 e. The molecule has 7 heteroatoms. The highest BCUT2D eigenvalue weighted by atomic mass is 19.2. The zero-order chi connectivity index (χ0) is 20.6. The van der Waals surface area contributed by atoms with E-state index < -0.39 is 17.5 Å². The Hall–Kier alpha value is -3.74. The summed E-state index contributed by atoms with van der Waals surface area (Å²) in [5, 5.41) is 5.22. The molecule has 29 heavy (non-hydrogen) atoms. The van der Waals surface area contributed by atoms with E-state index in [2.05, 4.69) is 10.6 Å². The number of halogens is 2. The van der Waals surface area contributed by atoms with Gasteiger partial charge in [-0.3, -0.25) is 9.59 Å². The van der Waals surface area contributed by atoms with Crippen molar-refractivity contribution in [3.63, 3.8) is 0 Å². The van der Waals surface area contributed by atoms with Gasteiger partial charge in [-0.15, -0.1) is 0 Å². The van der Waals surface area contributed by atoms with Crippen LogP contribution in [-0.4, -0.2) is 18.4 Å². The molecule has 0 aliphatic heterocycles. The smallest absolute Gasteiger partial charge is 0.262 e.